The van der Waals surface area contributed by atoms with Gasteiger partial charge in [0.15, 0.2) is 0 Å². The van der Waals surface area contributed by atoms with E-state index in [4.69, 9.17) is 0 Å². The molecule has 0 spiro atoms. The van der Waals surface area contributed by atoms with Crippen molar-refractivity contribution in [2.75, 3.05) is 5.32 Å². The number of carbonyl (C=O) groups is 1. The Bertz CT molecular complexity index is 1020. The van der Waals surface area contributed by atoms with Crippen LogP contribution >= 0.6 is 15.9 Å². The molecule has 0 unspecified atom stereocenters. The molecule has 3 aromatic carbocycles. The average molecular weight is 392 g/mol. The number of rotatable bonds is 3. The number of hydrogen-bond acceptors (Lipinski definition) is 2. The molecular weight excluding hydrogens is 378 g/mol. The zero-order valence-electron chi connectivity index (χ0n) is 13.2. The molecule has 25 heavy (non-hydrogen) atoms. The maximum absolute atomic E-state index is 12.3. The molecule has 1 amide bonds. The van der Waals surface area contributed by atoms with E-state index in [1.54, 1.807) is 6.07 Å². The Morgan fingerprint density at radius 1 is 0.920 bits per heavy atom. The van der Waals surface area contributed by atoms with Crippen LogP contribution < -0.4 is 5.32 Å². The SMILES string of the molecule is O=C(Nc1ccc(-c2nc3ccccc3[nH]2)cc1)c1ccccc1Br. The molecule has 0 aliphatic heterocycles. The topological polar surface area (TPSA) is 57.8 Å². The third-order valence-corrected chi connectivity index (χ3v) is 4.62. The molecule has 1 aromatic heterocycles. The van der Waals surface area contributed by atoms with Gasteiger partial charge >= 0.3 is 0 Å². The van der Waals surface area contributed by atoms with Gasteiger partial charge in [0.2, 0.25) is 0 Å². The second-order valence-corrected chi connectivity index (χ2v) is 6.47. The van der Waals surface area contributed by atoms with Gasteiger partial charge in [0.25, 0.3) is 5.91 Å². The minimum atomic E-state index is -0.149. The number of imidazole rings is 1. The van der Waals surface area contributed by atoms with Crippen LogP contribution in [0.1, 0.15) is 10.4 Å². The zero-order valence-corrected chi connectivity index (χ0v) is 14.7. The summed E-state index contributed by atoms with van der Waals surface area (Å²) in [5, 5.41) is 2.90. The zero-order chi connectivity index (χ0) is 17.2. The number of aromatic nitrogens is 2. The summed E-state index contributed by atoms with van der Waals surface area (Å²) in [5.41, 5.74) is 4.24. The summed E-state index contributed by atoms with van der Waals surface area (Å²) in [7, 11) is 0. The van der Waals surface area contributed by atoms with Crippen molar-refractivity contribution >= 4 is 38.6 Å². The summed E-state index contributed by atoms with van der Waals surface area (Å²) in [6.07, 6.45) is 0. The average Bonchev–Trinajstić information content (AvgIpc) is 3.07. The van der Waals surface area contributed by atoms with Gasteiger partial charge in [-0.05, 0) is 64.5 Å². The second-order valence-electron chi connectivity index (χ2n) is 5.61. The number of hydrogen-bond donors (Lipinski definition) is 2. The molecule has 2 N–H and O–H groups in total. The lowest BCUT2D eigenvalue weighted by Gasteiger charge is -2.07. The summed E-state index contributed by atoms with van der Waals surface area (Å²) in [6, 6.07) is 22.9. The number of nitrogens with one attached hydrogen (secondary N) is 2. The number of para-hydroxylation sites is 2. The largest absolute Gasteiger partial charge is 0.338 e. The highest BCUT2D eigenvalue weighted by molar-refractivity contribution is 9.10. The fourth-order valence-electron chi connectivity index (χ4n) is 2.64. The van der Waals surface area contributed by atoms with Crippen LogP contribution in [0.4, 0.5) is 5.69 Å². The van der Waals surface area contributed by atoms with Gasteiger partial charge in [0.1, 0.15) is 5.82 Å². The van der Waals surface area contributed by atoms with Crippen LogP contribution in [0.25, 0.3) is 22.4 Å². The van der Waals surface area contributed by atoms with Crippen LogP contribution in [0.2, 0.25) is 0 Å². The van der Waals surface area contributed by atoms with Gasteiger partial charge in [0, 0.05) is 15.7 Å². The van der Waals surface area contributed by atoms with E-state index in [1.165, 1.54) is 0 Å². The first-order chi connectivity index (χ1) is 12.2. The molecule has 4 aromatic rings. The van der Waals surface area contributed by atoms with Crippen molar-refractivity contribution in [3.05, 3.63) is 82.8 Å². The van der Waals surface area contributed by atoms with Crippen molar-refractivity contribution in [3.63, 3.8) is 0 Å². The predicted octanol–water partition coefficient (Wildman–Crippen LogP) is 5.24. The van der Waals surface area contributed by atoms with E-state index in [2.05, 4.69) is 31.2 Å². The van der Waals surface area contributed by atoms with Gasteiger partial charge < -0.3 is 10.3 Å². The lowest BCUT2D eigenvalue weighted by atomic mass is 10.1. The molecule has 0 bridgehead atoms. The third kappa shape index (κ3) is 3.19. The molecule has 0 aliphatic rings. The van der Waals surface area contributed by atoms with E-state index in [-0.39, 0.29) is 5.91 Å². The van der Waals surface area contributed by atoms with Gasteiger partial charge in [-0.15, -0.1) is 0 Å². The Labute approximate surface area is 153 Å². The Morgan fingerprint density at radius 3 is 2.40 bits per heavy atom. The molecule has 4 nitrogen and oxygen atoms in total. The molecule has 0 radical (unpaired) electrons. The normalized spacial score (nSPS) is 10.8. The van der Waals surface area contributed by atoms with Crippen LogP contribution in [0.3, 0.4) is 0 Å². The van der Waals surface area contributed by atoms with Crippen molar-refractivity contribution in [3.8, 4) is 11.4 Å². The van der Waals surface area contributed by atoms with E-state index >= 15 is 0 Å². The molecule has 0 saturated carbocycles. The van der Waals surface area contributed by atoms with Crippen LogP contribution in [-0.2, 0) is 0 Å². The number of anilines is 1. The monoisotopic (exact) mass is 391 g/mol. The van der Waals surface area contributed by atoms with Crippen LogP contribution in [0.15, 0.2) is 77.3 Å². The Kier molecular flexibility index (Phi) is 4.07. The van der Waals surface area contributed by atoms with Gasteiger partial charge in [0.05, 0.1) is 16.6 Å². The maximum Gasteiger partial charge on any atom is 0.256 e. The molecule has 122 valence electrons. The van der Waals surface area contributed by atoms with E-state index < -0.39 is 0 Å². The molecule has 0 saturated heterocycles. The number of carbonyl (C=O) groups excluding carboxylic acids is 1. The number of fused-ring (bicyclic) bond motifs is 1. The summed E-state index contributed by atoms with van der Waals surface area (Å²) in [5.74, 6) is 0.661. The Balaban J connectivity index is 1.56. The lowest BCUT2D eigenvalue weighted by molar-refractivity contribution is 0.102. The first-order valence-electron chi connectivity index (χ1n) is 7.82. The van der Waals surface area contributed by atoms with E-state index in [0.717, 1.165) is 32.6 Å². The van der Waals surface area contributed by atoms with Crippen LogP contribution in [0.5, 0.6) is 0 Å². The summed E-state index contributed by atoms with van der Waals surface area (Å²) in [6.45, 7) is 0. The van der Waals surface area contributed by atoms with Crippen LogP contribution in [-0.4, -0.2) is 15.9 Å². The fourth-order valence-corrected chi connectivity index (χ4v) is 3.11. The highest BCUT2D eigenvalue weighted by Gasteiger charge is 2.10. The quantitative estimate of drug-likeness (QED) is 0.501. The number of H-pyrrole nitrogens is 1. The highest BCUT2D eigenvalue weighted by atomic mass is 79.9. The molecule has 0 atom stereocenters. The Morgan fingerprint density at radius 2 is 1.64 bits per heavy atom. The smallest absolute Gasteiger partial charge is 0.256 e. The third-order valence-electron chi connectivity index (χ3n) is 3.92. The molecule has 0 fully saturated rings. The number of aromatic amines is 1. The van der Waals surface area contributed by atoms with Crippen molar-refractivity contribution in [1.82, 2.24) is 9.97 Å². The Hall–Kier alpha value is -2.92. The molecular formula is C20H14BrN3O. The fraction of sp³-hybridized carbons (Fsp3) is 0. The maximum atomic E-state index is 12.3. The standard InChI is InChI=1S/C20H14BrN3O/c21-16-6-2-1-5-15(16)20(25)22-14-11-9-13(10-12-14)19-23-17-7-3-4-8-18(17)24-19/h1-12H,(H,22,25)(H,23,24). The van der Waals surface area contributed by atoms with Crippen LogP contribution in [0, 0.1) is 0 Å². The first kappa shape index (κ1) is 15.6. The van der Waals surface area contributed by atoms with E-state index in [1.807, 2.05) is 66.7 Å². The summed E-state index contributed by atoms with van der Waals surface area (Å²) in [4.78, 5) is 20.2. The summed E-state index contributed by atoms with van der Waals surface area (Å²) < 4.78 is 0.770. The molecule has 5 heteroatoms. The predicted molar refractivity (Wildman–Crippen MR) is 104 cm³/mol. The minimum absolute atomic E-state index is 0.149. The van der Waals surface area contributed by atoms with Gasteiger partial charge in [-0.2, -0.15) is 0 Å². The minimum Gasteiger partial charge on any atom is -0.338 e. The summed E-state index contributed by atoms with van der Waals surface area (Å²) >= 11 is 3.40. The van der Waals surface area contributed by atoms with E-state index in [9.17, 15) is 4.79 Å². The van der Waals surface area contributed by atoms with Gasteiger partial charge in [-0.1, -0.05) is 24.3 Å². The molecule has 0 aliphatic carbocycles. The first-order valence-corrected chi connectivity index (χ1v) is 8.61. The van der Waals surface area contributed by atoms with Crippen molar-refractivity contribution < 1.29 is 4.79 Å². The number of nitrogens with zero attached hydrogens (tertiary/aromatic N) is 1. The lowest BCUT2D eigenvalue weighted by Crippen LogP contribution is -2.12. The van der Waals surface area contributed by atoms with Crippen molar-refractivity contribution in [2.45, 2.75) is 0 Å². The van der Waals surface area contributed by atoms with Gasteiger partial charge in [-0.3, -0.25) is 4.79 Å². The number of amides is 1. The van der Waals surface area contributed by atoms with Crippen molar-refractivity contribution in [2.24, 2.45) is 0 Å². The number of halogens is 1. The molecule has 4 rings (SSSR count). The van der Waals surface area contributed by atoms with E-state index in [0.29, 0.717) is 5.56 Å². The van der Waals surface area contributed by atoms with Gasteiger partial charge in [-0.25, -0.2) is 4.98 Å². The van der Waals surface area contributed by atoms with Crippen molar-refractivity contribution in [1.29, 1.82) is 0 Å². The molecule has 1 heterocycles. The second kappa shape index (κ2) is 6.53. The highest BCUT2D eigenvalue weighted by Crippen LogP contribution is 2.23. The number of benzene rings is 3.